The largest absolute Gasteiger partial charge is 0.330 e. The number of hydrogen-bond donors (Lipinski definition) is 1. The molecule has 0 radical (unpaired) electrons. The van der Waals surface area contributed by atoms with E-state index in [1.54, 1.807) is 17.0 Å². The third-order valence-electron chi connectivity index (χ3n) is 5.05. The molecule has 0 spiro atoms. The van der Waals surface area contributed by atoms with Crippen LogP contribution in [0.3, 0.4) is 0 Å². The van der Waals surface area contributed by atoms with Crippen molar-refractivity contribution in [1.82, 2.24) is 4.90 Å². The summed E-state index contributed by atoms with van der Waals surface area (Å²) in [5.74, 6) is 6.19. The summed E-state index contributed by atoms with van der Waals surface area (Å²) in [7, 11) is -3.73. The molecule has 0 atom stereocenters. The zero-order valence-corrected chi connectivity index (χ0v) is 18.1. The highest BCUT2D eigenvalue weighted by Crippen LogP contribution is 2.25. The molecular weight excluding hydrogens is 432 g/mol. The van der Waals surface area contributed by atoms with E-state index in [2.05, 4.69) is 11.8 Å². The summed E-state index contributed by atoms with van der Waals surface area (Å²) in [6.45, 7) is 0.888. The quantitative estimate of drug-likeness (QED) is 0.615. The Labute approximate surface area is 186 Å². The van der Waals surface area contributed by atoms with E-state index in [4.69, 9.17) is 16.7 Å². The predicted octanol–water partition coefficient (Wildman–Crippen LogP) is 3.74. The van der Waals surface area contributed by atoms with Crippen molar-refractivity contribution >= 4 is 27.5 Å². The third kappa shape index (κ3) is 4.97. The van der Waals surface area contributed by atoms with Crippen molar-refractivity contribution in [2.45, 2.75) is 24.4 Å². The first-order valence-corrected chi connectivity index (χ1v) is 11.5. The number of halogens is 1. The van der Waals surface area contributed by atoms with E-state index in [0.717, 1.165) is 22.3 Å². The lowest BCUT2D eigenvalue weighted by atomic mass is 10.1. The van der Waals surface area contributed by atoms with Gasteiger partial charge in [-0.05, 0) is 53.1 Å². The van der Waals surface area contributed by atoms with Crippen molar-refractivity contribution in [3.05, 3.63) is 99.6 Å². The topological polar surface area (TPSA) is 80.5 Å². The molecule has 2 N–H and O–H groups in total. The minimum Gasteiger partial charge on any atom is -0.330 e. The van der Waals surface area contributed by atoms with E-state index in [1.807, 2.05) is 42.5 Å². The van der Waals surface area contributed by atoms with Gasteiger partial charge in [-0.15, -0.1) is 0 Å². The number of primary sulfonamides is 1. The maximum atomic E-state index is 12.9. The molecular formula is C24H19ClN2O3S. The second kappa shape index (κ2) is 8.56. The van der Waals surface area contributed by atoms with Gasteiger partial charge in [-0.2, -0.15) is 0 Å². The molecule has 0 unspecified atom stereocenters. The van der Waals surface area contributed by atoms with Gasteiger partial charge in [0.05, 0.1) is 4.90 Å². The maximum Gasteiger partial charge on any atom is 0.254 e. The van der Waals surface area contributed by atoms with Crippen LogP contribution < -0.4 is 5.14 Å². The molecule has 0 saturated heterocycles. The van der Waals surface area contributed by atoms with Crippen molar-refractivity contribution in [1.29, 1.82) is 0 Å². The highest BCUT2D eigenvalue weighted by atomic mass is 35.5. The molecule has 1 amide bonds. The van der Waals surface area contributed by atoms with E-state index in [0.29, 0.717) is 30.1 Å². The minimum atomic E-state index is -3.73. The predicted molar refractivity (Wildman–Crippen MR) is 120 cm³/mol. The Bertz CT molecular complexity index is 1310. The van der Waals surface area contributed by atoms with E-state index in [-0.39, 0.29) is 10.8 Å². The standard InChI is InChI=1S/C24H19ClN2O3S/c25-21-10-5-17(6-11-21)2-1-3-18-4-9-20-16-27(24(28)23(20)14-18)15-19-7-12-22(13-8-19)31(26,29)30/h4-14H,2,15-16H2,(H2,26,29,30). The van der Waals surface area contributed by atoms with Gasteiger partial charge in [0.2, 0.25) is 10.0 Å². The number of hydrogen-bond acceptors (Lipinski definition) is 3. The number of carbonyl (C=O) groups is 1. The Morgan fingerprint density at radius 2 is 1.65 bits per heavy atom. The molecule has 0 fully saturated rings. The first kappa shape index (κ1) is 21.1. The van der Waals surface area contributed by atoms with Gasteiger partial charge in [-0.3, -0.25) is 4.79 Å². The van der Waals surface area contributed by atoms with Gasteiger partial charge in [0, 0.05) is 35.7 Å². The highest BCUT2D eigenvalue weighted by Gasteiger charge is 2.27. The van der Waals surface area contributed by atoms with Crippen LogP contribution in [0.2, 0.25) is 5.02 Å². The summed E-state index contributed by atoms with van der Waals surface area (Å²) in [6.07, 6.45) is 0.600. The summed E-state index contributed by atoms with van der Waals surface area (Å²) in [5.41, 5.74) is 4.31. The van der Waals surface area contributed by atoms with Crippen LogP contribution in [0.1, 0.15) is 32.6 Å². The molecule has 3 aromatic carbocycles. The van der Waals surface area contributed by atoms with Crippen molar-refractivity contribution in [2.75, 3.05) is 0 Å². The molecule has 5 nitrogen and oxygen atoms in total. The average Bonchev–Trinajstić information content (AvgIpc) is 3.04. The van der Waals surface area contributed by atoms with Crippen LogP contribution in [0.5, 0.6) is 0 Å². The average molecular weight is 451 g/mol. The van der Waals surface area contributed by atoms with Gasteiger partial charge in [0.15, 0.2) is 0 Å². The molecule has 7 heteroatoms. The van der Waals surface area contributed by atoms with E-state index < -0.39 is 10.0 Å². The van der Waals surface area contributed by atoms with Crippen LogP contribution in [0.15, 0.2) is 71.6 Å². The number of benzene rings is 3. The zero-order chi connectivity index (χ0) is 22.0. The summed E-state index contributed by atoms with van der Waals surface area (Å²) in [5, 5.41) is 5.82. The van der Waals surface area contributed by atoms with E-state index in [1.165, 1.54) is 12.1 Å². The molecule has 31 heavy (non-hydrogen) atoms. The molecule has 3 aromatic rings. The normalized spacial score (nSPS) is 13.0. The summed E-state index contributed by atoms with van der Waals surface area (Å²) < 4.78 is 22.8. The Kier molecular flexibility index (Phi) is 5.84. The molecule has 0 saturated carbocycles. The summed E-state index contributed by atoms with van der Waals surface area (Å²) in [4.78, 5) is 14.6. The number of fused-ring (bicyclic) bond motifs is 1. The SMILES string of the molecule is NS(=O)(=O)c1ccc(CN2Cc3ccc(C#CCc4ccc(Cl)cc4)cc3C2=O)cc1. The lowest BCUT2D eigenvalue weighted by Gasteiger charge is -2.15. The molecule has 0 bridgehead atoms. The number of amides is 1. The first-order chi connectivity index (χ1) is 14.8. The Hall–Kier alpha value is -3.11. The van der Waals surface area contributed by atoms with Gasteiger partial charge < -0.3 is 4.90 Å². The van der Waals surface area contributed by atoms with Crippen molar-refractivity contribution < 1.29 is 13.2 Å². The fourth-order valence-corrected chi connectivity index (χ4v) is 4.06. The molecule has 4 rings (SSSR count). The smallest absolute Gasteiger partial charge is 0.254 e. The maximum absolute atomic E-state index is 12.9. The lowest BCUT2D eigenvalue weighted by Crippen LogP contribution is -2.23. The molecule has 1 aliphatic heterocycles. The van der Waals surface area contributed by atoms with Gasteiger partial charge in [-0.1, -0.05) is 53.8 Å². The number of carbonyl (C=O) groups excluding carboxylic acids is 1. The monoisotopic (exact) mass is 450 g/mol. The summed E-state index contributed by atoms with van der Waals surface area (Å²) >= 11 is 5.90. The second-order valence-electron chi connectivity index (χ2n) is 7.33. The van der Waals surface area contributed by atoms with Crippen LogP contribution in [0, 0.1) is 11.8 Å². The fourth-order valence-electron chi connectivity index (χ4n) is 3.42. The number of sulfonamides is 1. The Morgan fingerprint density at radius 3 is 2.32 bits per heavy atom. The Morgan fingerprint density at radius 1 is 0.968 bits per heavy atom. The van der Waals surface area contributed by atoms with Crippen molar-refractivity contribution in [3.8, 4) is 11.8 Å². The van der Waals surface area contributed by atoms with E-state index in [9.17, 15) is 13.2 Å². The van der Waals surface area contributed by atoms with Gasteiger partial charge >= 0.3 is 0 Å². The number of nitrogens with two attached hydrogens (primary N) is 1. The fraction of sp³-hybridized carbons (Fsp3) is 0.125. The number of nitrogens with zero attached hydrogens (tertiary/aromatic N) is 1. The van der Waals surface area contributed by atoms with Gasteiger partial charge in [0.1, 0.15) is 0 Å². The van der Waals surface area contributed by atoms with Crippen molar-refractivity contribution in [2.24, 2.45) is 5.14 Å². The van der Waals surface area contributed by atoms with Crippen LogP contribution >= 0.6 is 11.6 Å². The van der Waals surface area contributed by atoms with Crippen LogP contribution in [0.4, 0.5) is 0 Å². The zero-order valence-electron chi connectivity index (χ0n) is 16.5. The van der Waals surface area contributed by atoms with Crippen molar-refractivity contribution in [3.63, 3.8) is 0 Å². The van der Waals surface area contributed by atoms with Gasteiger partial charge in [-0.25, -0.2) is 13.6 Å². The minimum absolute atomic E-state index is 0.0501. The number of rotatable bonds is 4. The van der Waals surface area contributed by atoms with Crippen LogP contribution in [-0.2, 0) is 29.5 Å². The lowest BCUT2D eigenvalue weighted by molar-refractivity contribution is 0.0766. The molecule has 1 aliphatic rings. The van der Waals surface area contributed by atoms with Crippen LogP contribution in [0.25, 0.3) is 0 Å². The molecule has 0 aromatic heterocycles. The van der Waals surface area contributed by atoms with Crippen LogP contribution in [-0.4, -0.2) is 19.2 Å². The first-order valence-electron chi connectivity index (χ1n) is 9.57. The Balaban J connectivity index is 1.45. The van der Waals surface area contributed by atoms with Gasteiger partial charge in [0.25, 0.3) is 5.91 Å². The molecule has 156 valence electrons. The highest BCUT2D eigenvalue weighted by molar-refractivity contribution is 7.89. The molecule has 0 aliphatic carbocycles. The third-order valence-corrected chi connectivity index (χ3v) is 6.23. The van der Waals surface area contributed by atoms with E-state index >= 15 is 0 Å². The second-order valence-corrected chi connectivity index (χ2v) is 9.32. The molecule has 1 heterocycles. The summed E-state index contributed by atoms with van der Waals surface area (Å²) in [6, 6.07) is 19.5.